The van der Waals surface area contributed by atoms with Gasteiger partial charge in [-0.2, -0.15) is 0 Å². The zero-order valence-corrected chi connectivity index (χ0v) is 9.70. The molecule has 1 aliphatic rings. The molecule has 3 rings (SSSR count). The lowest BCUT2D eigenvalue weighted by Gasteiger charge is -2.22. The standard InChI is InChI=1S/C13H10O3S/c14-10-5-6-11(15)13-9(10)7-8-3-1-2-4-12(8)17(13)16/h1-6,14-15H,7H2. The van der Waals surface area contributed by atoms with Gasteiger partial charge >= 0.3 is 0 Å². The van der Waals surface area contributed by atoms with Crippen LogP contribution in [0.5, 0.6) is 11.5 Å². The van der Waals surface area contributed by atoms with Gasteiger partial charge in [0.2, 0.25) is 4.90 Å². The molecule has 1 aliphatic heterocycles. The van der Waals surface area contributed by atoms with Gasteiger partial charge in [0, 0.05) is 23.2 Å². The summed E-state index contributed by atoms with van der Waals surface area (Å²) in [6, 6.07) is 10.2. The third kappa shape index (κ3) is 1.49. The quantitative estimate of drug-likeness (QED) is 0.553. The van der Waals surface area contributed by atoms with E-state index in [-0.39, 0.29) is 11.5 Å². The molecule has 2 N–H and O–H groups in total. The van der Waals surface area contributed by atoms with Crippen molar-refractivity contribution < 1.29 is 14.8 Å². The second-order valence-electron chi connectivity index (χ2n) is 3.96. The van der Waals surface area contributed by atoms with Gasteiger partial charge < -0.3 is 14.8 Å². The topological polar surface area (TPSA) is 63.5 Å². The average molecular weight is 246 g/mol. The molecule has 1 atom stereocenters. The van der Waals surface area contributed by atoms with E-state index in [1.807, 2.05) is 18.2 Å². The lowest BCUT2D eigenvalue weighted by atomic mass is 10.0. The number of rotatable bonds is 0. The van der Waals surface area contributed by atoms with Gasteiger partial charge in [0.1, 0.15) is 5.75 Å². The Labute approximate surface area is 102 Å². The van der Waals surface area contributed by atoms with Crippen LogP contribution >= 0.6 is 0 Å². The number of phenolic OH excluding ortho intramolecular Hbond substituents is 2. The first-order valence-electron chi connectivity index (χ1n) is 5.22. The first-order chi connectivity index (χ1) is 8.18. The molecule has 0 aromatic heterocycles. The molecule has 2 aromatic rings. The average Bonchev–Trinajstić information content (AvgIpc) is 2.34. The highest BCUT2D eigenvalue weighted by molar-refractivity contribution is 7.91. The van der Waals surface area contributed by atoms with Crippen molar-refractivity contribution in [2.75, 3.05) is 0 Å². The molecule has 0 spiro atoms. The van der Waals surface area contributed by atoms with Crippen molar-refractivity contribution in [1.29, 1.82) is 0 Å². The largest absolute Gasteiger partial charge is 0.606 e. The van der Waals surface area contributed by atoms with E-state index in [0.29, 0.717) is 21.8 Å². The molecule has 0 amide bonds. The molecule has 4 heteroatoms. The molecule has 0 fully saturated rings. The summed E-state index contributed by atoms with van der Waals surface area (Å²) in [5, 5.41) is 19.6. The van der Waals surface area contributed by atoms with Crippen molar-refractivity contribution in [2.45, 2.75) is 16.2 Å². The molecule has 2 aromatic carbocycles. The molecular formula is C13H10O3S. The highest BCUT2D eigenvalue weighted by Crippen LogP contribution is 2.42. The van der Waals surface area contributed by atoms with Gasteiger partial charge in [0.05, 0.1) is 5.56 Å². The van der Waals surface area contributed by atoms with Crippen LogP contribution in [-0.4, -0.2) is 14.8 Å². The Kier molecular flexibility index (Phi) is 2.28. The minimum Gasteiger partial charge on any atom is -0.606 e. The lowest BCUT2D eigenvalue weighted by Crippen LogP contribution is -2.14. The van der Waals surface area contributed by atoms with E-state index in [0.717, 1.165) is 5.56 Å². The van der Waals surface area contributed by atoms with Crippen molar-refractivity contribution in [2.24, 2.45) is 0 Å². The highest BCUT2D eigenvalue weighted by atomic mass is 32.2. The van der Waals surface area contributed by atoms with Crippen LogP contribution in [0, 0.1) is 0 Å². The van der Waals surface area contributed by atoms with Crippen LogP contribution in [-0.2, 0) is 17.6 Å². The van der Waals surface area contributed by atoms with Crippen molar-refractivity contribution in [3.63, 3.8) is 0 Å². The summed E-state index contributed by atoms with van der Waals surface area (Å²) in [7, 11) is 0. The van der Waals surface area contributed by atoms with Crippen LogP contribution in [0.25, 0.3) is 0 Å². The maximum absolute atomic E-state index is 12.3. The Balaban J connectivity index is 2.26. The summed E-state index contributed by atoms with van der Waals surface area (Å²) in [6.07, 6.45) is 0.497. The van der Waals surface area contributed by atoms with Gasteiger partial charge in [-0.3, -0.25) is 0 Å². The maximum Gasteiger partial charge on any atom is 0.207 e. The first-order valence-corrected chi connectivity index (χ1v) is 6.37. The molecule has 0 saturated heterocycles. The summed E-state index contributed by atoms with van der Waals surface area (Å²) in [5.41, 5.74) is 1.49. The Morgan fingerprint density at radius 3 is 2.53 bits per heavy atom. The fourth-order valence-corrected chi connectivity index (χ4v) is 3.57. The van der Waals surface area contributed by atoms with E-state index in [1.54, 1.807) is 6.07 Å². The van der Waals surface area contributed by atoms with Gasteiger partial charge in [0.15, 0.2) is 10.6 Å². The summed E-state index contributed by atoms with van der Waals surface area (Å²) in [4.78, 5) is 1.05. The van der Waals surface area contributed by atoms with Crippen LogP contribution in [0.15, 0.2) is 46.2 Å². The van der Waals surface area contributed by atoms with E-state index in [2.05, 4.69) is 0 Å². The second-order valence-corrected chi connectivity index (χ2v) is 5.35. The lowest BCUT2D eigenvalue weighted by molar-refractivity contribution is 0.438. The van der Waals surface area contributed by atoms with E-state index in [1.165, 1.54) is 12.1 Å². The third-order valence-electron chi connectivity index (χ3n) is 2.94. The second kappa shape index (κ2) is 3.68. The maximum atomic E-state index is 12.3. The molecule has 0 bridgehead atoms. The molecule has 0 aliphatic carbocycles. The van der Waals surface area contributed by atoms with Gasteiger partial charge in [-0.25, -0.2) is 0 Å². The molecule has 17 heavy (non-hydrogen) atoms. The summed E-state index contributed by atoms with van der Waals surface area (Å²) < 4.78 is 12.3. The van der Waals surface area contributed by atoms with E-state index in [9.17, 15) is 14.8 Å². The van der Waals surface area contributed by atoms with Crippen LogP contribution in [0.2, 0.25) is 0 Å². The smallest absolute Gasteiger partial charge is 0.207 e. The summed E-state index contributed by atoms with van der Waals surface area (Å²) in [5.74, 6) is 0.0614. The first kappa shape index (κ1) is 10.5. The number of fused-ring (bicyclic) bond motifs is 2. The van der Waals surface area contributed by atoms with Crippen molar-refractivity contribution in [1.82, 2.24) is 0 Å². The number of hydrogen-bond donors (Lipinski definition) is 2. The van der Waals surface area contributed by atoms with E-state index < -0.39 is 11.2 Å². The predicted molar refractivity (Wildman–Crippen MR) is 63.7 cm³/mol. The number of hydrogen-bond acceptors (Lipinski definition) is 3. The molecule has 1 unspecified atom stereocenters. The molecule has 0 radical (unpaired) electrons. The van der Waals surface area contributed by atoms with Gasteiger partial charge in [0.25, 0.3) is 0 Å². The third-order valence-corrected chi connectivity index (χ3v) is 4.56. The SMILES string of the molecule is [O-][S+]1c2ccccc2Cc2c(O)ccc(O)c21. The van der Waals surface area contributed by atoms with Gasteiger partial charge in [-0.1, -0.05) is 18.2 Å². The predicted octanol–water partition coefficient (Wildman–Crippen LogP) is 2.17. The molecule has 0 saturated carbocycles. The summed E-state index contributed by atoms with van der Waals surface area (Å²) in [6.45, 7) is 0. The van der Waals surface area contributed by atoms with Crippen LogP contribution in [0.1, 0.15) is 11.1 Å². The van der Waals surface area contributed by atoms with Crippen LogP contribution < -0.4 is 0 Å². The van der Waals surface area contributed by atoms with Gasteiger partial charge in [-0.05, 0) is 18.2 Å². The molecule has 86 valence electrons. The van der Waals surface area contributed by atoms with Crippen LogP contribution in [0.4, 0.5) is 0 Å². The van der Waals surface area contributed by atoms with Crippen molar-refractivity contribution in [3.05, 3.63) is 47.5 Å². The van der Waals surface area contributed by atoms with E-state index >= 15 is 0 Å². The van der Waals surface area contributed by atoms with Gasteiger partial charge in [-0.15, -0.1) is 0 Å². The van der Waals surface area contributed by atoms with E-state index in [4.69, 9.17) is 0 Å². The fraction of sp³-hybridized carbons (Fsp3) is 0.0769. The monoisotopic (exact) mass is 246 g/mol. The number of phenols is 2. The molecule has 3 nitrogen and oxygen atoms in total. The number of aromatic hydroxyl groups is 2. The Morgan fingerprint density at radius 1 is 1.00 bits per heavy atom. The Bertz CT molecular complexity index is 595. The Hall–Kier alpha value is -1.65. The molecular weight excluding hydrogens is 236 g/mol. The minimum atomic E-state index is -1.42. The minimum absolute atomic E-state index is 0.0226. The van der Waals surface area contributed by atoms with Crippen LogP contribution in [0.3, 0.4) is 0 Å². The molecule has 1 heterocycles. The fourth-order valence-electron chi connectivity index (χ4n) is 2.11. The van der Waals surface area contributed by atoms with Crippen molar-refractivity contribution >= 4 is 11.2 Å². The Morgan fingerprint density at radius 2 is 1.71 bits per heavy atom. The number of benzene rings is 2. The zero-order valence-electron chi connectivity index (χ0n) is 8.88. The normalized spacial score (nSPS) is 17.4. The van der Waals surface area contributed by atoms with Crippen molar-refractivity contribution in [3.8, 4) is 11.5 Å². The zero-order chi connectivity index (χ0) is 12.0. The summed E-state index contributed by atoms with van der Waals surface area (Å²) >= 11 is -1.42. The highest BCUT2D eigenvalue weighted by Gasteiger charge is 2.32.